The first kappa shape index (κ1) is 14.6. The molecular weight excluding hydrogens is 287 g/mol. The van der Waals surface area contributed by atoms with E-state index in [4.69, 9.17) is 27.9 Å². The molecule has 1 fully saturated rings. The lowest BCUT2D eigenvalue weighted by Crippen LogP contribution is -2.37. The Morgan fingerprint density at radius 1 is 1.58 bits per heavy atom. The third kappa shape index (κ3) is 3.59. The molecule has 0 N–H and O–H groups in total. The van der Waals surface area contributed by atoms with Crippen LogP contribution in [-0.4, -0.2) is 41.6 Å². The van der Waals surface area contributed by atoms with Crippen molar-refractivity contribution in [2.75, 3.05) is 19.7 Å². The van der Waals surface area contributed by atoms with Crippen molar-refractivity contribution in [1.29, 1.82) is 0 Å². The maximum absolute atomic E-state index is 12.4. The highest BCUT2D eigenvalue weighted by molar-refractivity contribution is 6.35. The molecule has 1 aliphatic rings. The number of rotatable bonds is 4. The average molecular weight is 303 g/mol. The summed E-state index contributed by atoms with van der Waals surface area (Å²) in [6, 6.07) is 1.50. The molecule has 1 aliphatic heterocycles. The predicted octanol–water partition coefficient (Wildman–Crippen LogP) is 3.03. The molecule has 19 heavy (non-hydrogen) atoms. The van der Waals surface area contributed by atoms with Gasteiger partial charge in [-0.3, -0.25) is 4.79 Å². The number of carbonyl (C=O) groups is 1. The van der Waals surface area contributed by atoms with Crippen LogP contribution in [0.25, 0.3) is 0 Å². The summed E-state index contributed by atoms with van der Waals surface area (Å²) >= 11 is 11.8. The van der Waals surface area contributed by atoms with Gasteiger partial charge in [0, 0.05) is 25.9 Å². The molecule has 1 atom stereocenters. The zero-order valence-corrected chi connectivity index (χ0v) is 12.2. The number of hydrogen-bond donors (Lipinski definition) is 0. The standard InChI is InChI=1S/C13H16Cl2N2O2/c1-2-17(8-9-4-3-5-19-9)13(18)10-6-12(15)16-7-11(10)14/h6-7,9H,2-5,8H2,1H3. The topological polar surface area (TPSA) is 42.4 Å². The third-order valence-corrected chi connectivity index (χ3v) is 3.68. The molecule has 4 nitrogen and oxygen atoms in total. The highest BCUT2D eigenvalue weighted by Crippen LogP contribution is 2.21. The van der Waals surface area contributed by atoms with Gasteiger partial charge in [0.25, 0.3) is 5.91 Å². The van der Waals surface area contributed by atoms with Gasteiger partial charge in [-0.05, 0) is 25.8 Å². The minimum Gasteiger partial charge on any atom is -0.376 e. The van der Waals surface area contributed by atoms with Crippen molar-refractivity contribution in [2.45, 2.75) is 25.9 Å². The molecule has 0 spiro atoms. The van der Waals surface area contributed by atoms with Crippen molar-refractivity contribution in [3.8, 4) is 0 Å². The first-order valence-corrected chi connectivity index (χ1v) is 7.09. The fourth-order valence-electron chi connectivity index (χ4n) is 2.14. The molecule has 1 saturated heterocycles. The number of nitrogens with zero attached hydrogens (tertiary/aromatic N) is 2. The van der Waals surface area contributed by atoms with Gasteiger partial charge in [-0.25, -0.2) is 4.98 Å². The second kappa shape index (κ2) is 6.55. The second-order valence-corrected chi connectivity index (χ2v) is 5.26. The van der Waals surface area contributed by atoms with Crippen LogP contribution < -0.4 is 0 Å². The van der Waals surface area contributed by atoms with Gasteiger partial charge >= 0.3 is 0 Å². The lowest BCUT2D eigenvalue weighted by molar-refractivity contribution is 0.0539. The Labute approximate surface area is 122 Å². The number of hydrogen-bond acceptors (Lipinski definition) is 3. The Morgan fingerprint density at radius 2 is 2.37 bits per heavy atom. The lowest BCUT2D eigenvalue weighted by Gasteiger charge is -2.24. The summed E-state index contributed by atoms with van der Waals surface area (Å²) < 4.78 is 5.56. The van der Waals surface area contributed by atoms with Crippen molar-refractivity contribution in [1.82, 2.24) is 9.88 Å². The van der Waals surface area contributed by atoms with Crippen molar-refractivity contribution < 1.29 is 9.53 Å². The first-order valence-electron chi connectivity index (χ1n) is 6.33. The number of halogens is 2. The van der Waals surface area contributed by atoms with Crippen molar-refractivity contribution in [3.63, 3.8) is 0 Å². The van der Waals surface area contributed by atoms with Gasteiger partial charge in [-0.1, -0.05) is 23.2 Å². The maximum Gasteiger partial charge on any atom is 0.255 e. The van der Waals surface area contributed by atoms with E-state index in [-0.39, 0.29) is 17.2 Å². The Kier molecular flexibility index (Phi) is 5.02. The molecule has 1 aromatic rings. The van der Waals surface area contributed by atoms with Gasteiger partial charge in [-0.15, -0.1) is 0 Å². The van der Waals surface area contributed by atoms with Crippen LogP contribution in [-0.2, 0) is 4.74 Å². The predicted molar refractivity (Wildman–Crippen MR) is 74.8 cm³/mol. The molecule has 0 radical (unpaired) electrons. The Balaban J connectivity index is 2.12. The zero-order valence-electron chi connectivity index (χ0n) is 10.7. The second-order valence-electron chi connectivity index (χ2n) is 4.47. The summed E-state index contributed by atoms with van der Waals surface area (Å²) in [6.45, 7) is 3.91. The van der Waals surface area contributed by atoms with E-state index in [1.165, 1.54) is 12.3 Å². The average Bonchev–Trinajstić information content (AvgIpc) is 2.91. The van der Waals surface area contributed by atoms with Gasteiger partial charge in [-0.2, -0.15) is 0 Å². The van der Waals surface area contributed by atoms with E-state index >= 15 is 0 Å². The van der Waals surface area contributed by atoms with Crippen LogP contribution in [0.2, 0.25) is 10.2 Å². The van der Waals surface area contributed by atoms with Gasteiger partial charge in [0.05, 0.1) is 16.7 Å². The molecule has 1 aromatic heterocycles. The van der Waals surface area contributed by atoms with E-state index in [2.05, 4.69) is 4.98 Å². The number of likely N-dealkylation sites (N-methyl/N-ethyl adjacent to an activating group) is 1. The smallest absolute Gasteiger partial charge is 0.255 e. The minimum absolute atomic E-state index is 0.125. The quantitative estimate of drug-likeness (QED) is 0.803. The summed E-state index contributed by atoms with van der Waals surface area (Å²) in [5.74, 6) is -0.132. The fourth-order valence-corrected chi connectivity index (χ4v) is 2.48. The largest absolute Gasteiger partial charge is 0.376 e. The van der Waals surface area contributed by atoms with Crippen molar-refractivity contribution in [2.24, 2.45) is 0 Å². The van der Waals surface area contributed by atoms with Crippen molar-refractivity contribution in [3.05, 3.63) is 28.0 Å². The molecular formula is C13H16Cl2N2O2. The fraction of sp³-hybridized carbons (Fsp3) is 0.538. The van der Waals surface area contributed by atoms with Gasteiger partial charge in [0.1, 0.15) is 5.15 Å². The first-order chi connectivity index (χ1) is 9.11. The number of aromatic nitrogens is 1. The Bertz CT molecular complexity index is 462. The lowest BCUT2D eigenvalue weighted by atomic mass is 10.2. The molecule has 0 saturated carbocycles. The van der Waals surface area contributed by atoms with Crippen LogP contribution >= 0.6 is 23.2 Å². The SMILES string of the molecule is CCN(CC1CCCO1)C(=O)c1cc(Cl)ncc1Cl. The van der Waals surface area contributed by atoms with E-state index < -0.39 is 0 Å². The van der Waals surface area contributed by atoms with Crippen LogP contribution in [0.1, 0.15) is 30.1 Å². The third-order valence-electron chi connectivity index (χ3n) is 3.17. The molecule has 0 aliphatic carbocycles. The highest BCUT2D eigenvalue weighted by Gasteiger charge is 2.23. The summed E-state index contributed by atoms with van der Waals surface area (Å²) in [5, 5.41) is 0.584. The van der Waals surface area contributed by atoms with E-state index in [1.807, 2.05) is 6.92 Å². The van der Waals surface area contributed by atoms with Gasteiger partial charge in [0.2, 0.25) is 0 Å². The van der Waals surface area contributed by atoms with Gasteiger partial charge in [0.15, 0.2) is 0 Å². The van der Waals surface area contributed by atoms with Crippen LogP contribution in [0.15, 0.2) is 12.3 Å². The number of carbonyl (C=O) groups excluding carboxylic acids is 1. The molecule has 6 heteroatoms. The molecule has 2 rings (SSSR count). The van der Waals surface area contributed by atoms with E-state index in [1.54, 1.807) is 4.90 Å². The van der Waals surface area contributed by atoms with E-state index in [0.717, 1.165) is 19.4 Å². The summed E-state index contributed by atoms with van der Waals surface area (Å²) in [6.07, 6.45) is 3.57. The number of ether oxygens (including phenoxy) is 1. The number of amides is 1. The Hall–Kier alpha value is -0.840. The van der Waals surface area contributed by atoms with Crippen LogP contribution in [0, 0.1) is 0 Å². The molecule has 0 aromatic carbocycles. The van der Waals surface area contributed by atoms with Crippen LogP contribution in [0.3, 0.4) is 0 Å². The molecule has 0 bridgehead atoms. The molecule has 1 amide bonds. The van der Waals surface area contributed by atoms with Crippen molar-refractivity contribution >= 4 is 29.1 Å². The summed E-state index contributed by atoms with van der Waals surface area (Å²) in [4.78, 5) is 18.0. The summed E-state index contributed by atoms with van der Waals surface area (Å²) in [7, 11) is 0. The summed E-state index contributed by atoms with van der Waals surface area (Å²) in [5.41, 5.74) is 0.390. The van der Waals surface area contributed by atoms with Crippen LogP contribution in [0.4, 0.5) is 0 Å². The molecule has 104 valence electrons. The van der Waals surface area contributed by atoms with E-state index in [0.29, 0.717) is 23.7 Å². The van der Waals surface area contributed by atoms with Gasteiger partial charge < -0.3 is 9.64 Å². The normalized spacial score (nSPS) is 18.6. The van der Waals surface area contributed by atoms with Crippen LogP contribution in [0.5, 0.6) is 0 Å². The zero-order chi connectivity index (χ0) is 13.8. The minimum atomic E-state index is -0.132. The molecule has 2 heterocycles. The molecule has 1 unspecified atom stereocenters. The van der Waals surface area contributed by atoms with E-state index in [9.17, 15) is 4.79 Å². The number of pyridine rings is 1. The monoisotopic (exact) mass is 302 g/mol. The maximum atomic E-state index is 12.4. The Morgan fingerprint density at radius 3 is 3.00 bits per heavy atom. The highest BCUT2D eigenvalue weighted by atomic mass is 35.5.